The van der Waals surface area contributed by atoms with E-state index >= 15 is 0 Å². The number of hydrogen-bond acceptors (Lipinski definition) is 3. The van der Waals surface area contributed by atoms with Crippen LogP contribution in [0.25, 0.3) is 0 Å². The molecule has 1 aromatic carbocycles. The average Bonchev–Trinajstić information content (AvgIpc) is 2.49. The van der Waals surface area contributed by atoms with E-state index in [0.717, 1.165) is 39.1 Å². The lowest BCUT2D eigenvalue weighted by molar-refractivity contribution is -0.0272. The fourth-order valence-electron chi connectivity index (χ4n) is 2.99. The Kier molecular flexibility index (Phi) is 5.19. The Morgan fingerprint density at radius 3 is 2.40 bits per heavy atom. The van der Waals surface area contributed by atoms with E-state index in [2.05, 4.69) is 49.9 Å². The van der Waals surface area contributed by atoms with Gasteiger partial charge >= 0.3 is 0 Å². The van der Waals surface area contributed by atoms with Crippen molar-refractivity contribution in [1.29, 1.82) is 0 Å². The van der Waals surface area contributed by atoms with Gasteiger partial charge in [-0.15, -0.1) is 0 Å². The number of aryl methyl sites for hydroxylation is 1. The summed E-state index contributed by atoms with van der Waals surface area (Å²) in [5.41, 5.74) is 9.26. The first-order chi connectivity index (χ1) is 9.56. The molecule has 2 unspecified atom stereocenters. The molecule has 1 fully saturated rings. The van der Waals surface area contributed by atoms with Crippen molar-refractivity contribution in [3.8, 4) is 0 Å². The molecule has 3 nitrogen and oxygen atoms in total. The molecule has 0 amide bonds. The molecule has 0 bridgehead atoms. The van der Waals surface area contributed by atoms with E-state index in [1.807, 2.05) is 0 Å². The summed E-state index contributed by atoms with van der Waals surface area (Å²) in [7, 11) is 0. The molecule has 0 aromatic heterocycles. The van der Waals surface area contributed by atoms with Gasteiger partial charge in [-0.05, 0) is 32.3 Å². The molecule has 112 valence electrons. The molecule has 2 rings (SSSR count). The smallest absolute Gasteiger partial charge is 0.0594 e. The predicted octanol–water partition coefficient (Wildman–Crippen LogP) is 2.37. The summed E-state index contributed by atoms with van der Waals surface area (Å²) >= 11 is 0. The third kappa shape index (κ3) is 3.40. The van der Waals surface area contributed by atoms with Crippen LogP contribution in [0.15, 0.2) is 24.3 Å². The van der Waals surface area contributed by atoms with Gasteiger partial charge in [0.05, 0.1) is 13.2 Å². The van der Waals surface area contributed by atoms with Gasteiger partial charge in [0, 0.05) is 24.7 Å². The predicted molar refractivity (Wildman–Crippen MR) is 83.9 cm³/mol. The number of ether oxygens (including phenoxy) is 1. The molecule has 1 saturated heterocycles. The first-order valence-corrected chi connectivity index (χ1v) is 7.70. The molecule has 2 atom stereocenters. The third-order valence-electron chi connectivity index (χ3n) is 4.82. The largest absolute Gasteiger partial charge is 0.379 e. The summed E-state index contributed by atoms with van der Waals surface area (Å²) in [5.74, 6) is 0. The topological polar surface area (TPSA) is 38.5 Å². The maximum absolute atomic E-state index is 6.58. The van der Waals surface area contributed by atoms with Crippen molar-refractivity contribution < 1.29 is 4.74 Å². The summed E-state index contributed by atoms with van der Waals surface area (Å²) in [5, 5.41) is 0. The number of rotatable bonds is 5. The summed E-state index contributed by atoms with van der Waals surface area (Å²) in [6, 6.07) is 8.88. The molecule has 3 heteroatoms. The molecule has 1 aliphatic rings. The Morgan fingerprint density at radius 1 is 1.25 bits per heavy atom. The van der Waals surface area contributed by atoms with Crippen molar-refractivity contribution in [2.24, 2.45) is 5.73 Å². The van der Waals surface area contributed by atoms with Crippen LogP contribution in [0.1, 0.15) is 31.4 Å². The quantitative estimate of drug-likeness (QED) is 0.897. The number of nitrogens with two attached hydrogens (primary N) is 1. The Hall–Kier alpha value is -0.900. The van der Waals surface area contributed by atoms with Crippen LogP contribution in [-0.4, -0.2) is 42.8 Å². The highest BCUT2D eigenvalue weighted by Gasteiger charge is 2.36. The molecular weight excluding hydrogens is 248 g/mol. The second-order valence-electron chi connectivity index (χ2n) is 6.11. The average molecular weight is 276 g/mol. The van der Waals surface area contributed by atoms with E-state index in [-0.39, 0.29) is 11.6 Å². The van der Waals surface area contributed by atoms with Gasteiger partial charge in [-0.25, -0.2) is 0 Å². The van der Waals surface area contributed by atoms with E-state index in [9.17, 15) is 0 Å². The molecule has 1 heterocycles. The summed E-state index contributed by atoms with van der Waals surface area (Å²) in [4.78, 5) is 2.51. The molecule has 20 heavy (non-hydrogen) atoms. The van der Waals surface area contributed by atoms with E-state index in [1.54, 1.807) is 0 Å². The zero-order valence-corrected chi connectivity index (χ0v) is 13.1. The molecule has 1 aromatic rings. The Bertz CT molecular complexity index is 412. The zero-order valence-electron chi connectivity index (χ0n) is 13.1. The van der Waals surface area contributed by atoms with Crippen LogP contribution in [-0.2, 0) is 11.2 Å². The normalized spacial score (nSPS) is 21.4. The van der Waals surface area contributed by atoms with Crippen LogP contribution in [0, 0.1) is 6.92 Å². The van der Waals surface area contributed by atoms with Crippen molar-refractivity contribution in [2.45, 2.75) is 45.2 Å². The monoisotopic (exact) mass is 276 g/mol. The van der Waals surface area contributed by atoms with Gasteiger partial charge in [-0.1, -0.05) is 36.8 Å². The van der Waals surface area contributed by atoms with Gasteiger partial charge in [0.25, 0.3) is 0 Å². The van der Waals surface area contributed by atoms with Crippen molar-refractivity contribution >= 4 is 0 Å². The van der Waals surface area contributed by atoms with Gasteiger partial charge < -0.3 is 10.5 Å². The molecule has 1 aliphatic heterocycles. The van der Waals surface area contributed by atoms with Crippen molar-refractivity contribution in [3.63, 3.8) is 0 Å². The highest BCUT2D eigenvalue weighted by Crippen LogP contribution is 2.26. The number of benzene rings is 1. The van der Waals surface area contributed by atoms with Crippen LogP contribution >= 0.6 is 0 Å². The minimum atomic E-state index is 0.0503. The second-order valence-corrected chi connectivity index (χ2v) is 6.11. The maximum atomic E-state index is 6.58. The minimum Gasteiger partial charge on any atom is -0.379 e. The standard InChI is InChI=1S/C17H28N2O/c1-4-17(3,19-9-11-20-12-10-19)16(18)13-15-7-5-14(2)6-8-15/h5-8,16H,4,9-13,18H2,1-3H3. The lowest BCUT2D eigenvalue weighted by Crippen LogP contribution is -2.61. The number of morpholine rings is 1. The minimum absolute atomic E-state index is 0.0503. The Labute approximate surface area is 123 Å². The lowest BCUT2D eigenvalue weighted by atomic mass is 9.83. The van der Waals surface area contributed by atoms with Crippen molar-refractivity contribution in [3.05, 3.63) is 35.4 Å². The van der Waals surface area contributed by atoms with Gasteiger partial charge in [-0.2, -0.15) is 0 Å². The van der Waals surface area contributed by atoms with Gasteiger partial charge in [0.2, 0.25) is 0 Å². The number of nitrogens with zero attached hydrogens (tertiary/aromatic N) is 1. The summed E-state index contributed by atoms with van der Waals surface area (Å²) < 4.78 is 5.47. The highest BCUT2D eigenvalue weighted by molar-refractivity contribution is 5.22. The maximum Gasteiger partial charge on any atom is 0.0594 e. The first kappa shape index (κ1) is 15.5. The fraction of sp³-hybridized carbons (Fsp3) is 0.647. The zero-order chi connectivity index (χ0) is 14.6. The van der Waals surface area contributed by atoms with Crippen LogP contribution in [0.3, 0.4) is 0 Å². The van der Waals surface area contributed by atoms with E-state index in [1.165, 1.54) is 11.1 Å². The molecular formula is C17H28N2O. The number of hydrogen-bond donors (Lipinski definition) is 1. The first-order valence-electron chi connectivity index (χ1n) is 7.70. The summed E-state index contributed by atoms with van der Waals surface area (Å²) in [6.45, 7) is 10.3. The second kappa shape index (κ2) is 6.70. The van der Waals surface area contributed by atoms with Crippen LogP contribution in [0.2, 0.25) is 0 Å². The molecule has 0 spiro atoms. The van der Waals surface area contributed by atoms with Crippen LogP contribution < -0.4 is 5.73 Å². The van der Waals surface area contributed by atoms with Crippen LogP contribution in [0.5, 0.6) is 0 Å². The Morgan fingerprint density at radius 2 is 1.85 bits per heavy atom. The van der Waals surface area contributed by atoms with Crippen molar-refractivity contribution in [1.82, 2.24) is 4.90 Å². The lowest BCUT2D eigenvalue weighted by Gasteiger charge is -2.46. The molecule has 2 N–H and O–H groups in total. The fourth-order valence-corrected chi connectivity index (χ4v) is 2.99. The van der Waals surface area contributed by atoms with E-state index in [4.69, 9.17) is 10.5 Å². The third-order valence-corrected chi connectivity index (χ3v) is 4.82. The van der Waals surface area contributed by atoms with Crippen LogP contribution in [0.4, 0.5) is 0 Å². The Balaban J connectivity index is 2.07. The molecule has 0 aliphatic carbocycles. The van der Waals surface area contributed by atoms with Gasteiger partial charge in [0.15, 0.2) is 0 Å². The highest BCUT2D eigenvalue weighted by atomic mass is 16.5. The van der Waals surface area contributed by atoms with Gasteiger partial charge in [-0.3, -0.25) is 4.90 Å². The molecule has 0 radical (unpaired) electrons. The molecule has 0 saturated carbocycles. The summed E-state index contributed by atoms with van der Waals surface area (Å²) in [6.07, 6.45) is 2.00. The van der Waals surface area contributed by atoms with Crippen molar-refractivity contribution in [2.75, 3.05) is 26.3 Å². The van der Waals surface area contributed by atoms with E-state index in [0.29, 0.717) is 0 Å². The SMILES string of the molecule is CCC(C)(C(N)Cc1ccc(C)cc1)N1CCOCC1. The van der Waals surface area contributed by atoms with E-state index < -0.39 is 0 Å². The van der Waals surface area contributed by atoms with Gasteiger partial charge in [0.1, 0.15) is 0 Å².